The molecule has 0 spiro atoms. The van der Waals surface area contributed by atoms with E-state index in [2.05, 4.69) is 16.4 Å². The van der Waals surface area contributed by atoms with Crippen LogP contribution in [0.25, 0.3) is 10.9 Å². The molecule has 1 unspecified atom stereocenters. The first kappa shape index (κ1) is 18.1. The van der Waals surface area contributed by atoms with E-state index < -0.39 is 18.1 Å². The highest BCUT2D eigenvalue weighted by molar-refractivity contribution is 5.99. The van der Waals surface area contributed by atoms with E-state index in [0.717, 1.165) is 27.7 Å². The monoisotopic (exact) mass is 430 g/mol. The number of carbonyl (C=O) groups is 2. The van der Waals surface area contributed by atoms with Gasteiger partial charge in [0.2, 0.25) is 18.6 Å². The number of H-pyrrole nitrogens is 1. The van der Waals surface area contributed by atoms with Gasteiger partial charge in [0.25, 0.3) is 0 Å². The van der Waals surface area contributed by atoms with Crippen molar-refractivity contribution in [1.82, 2.24) is 20.1 Å². The number of nitrogens with one attached hydrogen (secondary N) is 2. The summed E-state index contributed by atoms with van der Waals surface area (Å²) in [5.41, 5.74) is 4.01. The lowest BCUT2D eigenvalue weighted by Crippen LogP contribution is -2.71. The molecule has 0 bridgehead atoms. The van der Waals surface area contributed by atoms with Crippen molar-refractivity contribution >= 4 is 22.7 Å². The van der Waals surface area contributed by atoms with Crippen molar-refractivity contribution in [3.8, 4) is 11.5 Å². The van der Waals surface area contributed by atoms with Gasteiger partial charge in [0.05, 0.1) is 6.04 Å². The first-order chi connectivity index (χ1) is 15.7. The van der Waals surface area contributed by atoms with Gasteiger partial charge in [-0.05, 0) is 29.3 Å². The van der Waals surface area contributed by atoms with Crippen LogP contribution in [0.1, 0.15) is 22.9 Å². The Hall–Kier alpha value is -3.52. The smallest absolute Gasteiger partial charge is 0.248 e. The van der Waals surface area contributed by atoms with Crippen LogP contribution in [0, 0.1) is 0 Å². The summed E-state index contributed by atoms with van der Waals surface area (Å²) in [4.78, 5) is 34.6. The highest BCUT2D eigenvalue weighted by Crippen LogP contribution is 2.45. The van der Waals surface area contributed by atoms with E-state index in [9.17, 15) is 9.59 Å². The number of piperazine rings is 2. The van der Waals surface area contributed by atoms with Crippen molar-refractivity contribution in [3.05, 3.63) is 59.3 Å². The van der Waals surface area contributed by atoms with Gasteiger partial charge >= 0.3 is 0 Å². The molecule has 1 aromatic heterocycles. The van der Waals surface area contributed by atoms with Crippen LogP contribution in [0.15, 0.2) is 42.5 Å². The fourth-order valence-corrected chi connectivity index (χ4v) is 5.73. The first-order valence-corrected chi connectivity index (χ1v) is 11.0. The van der Waals surface area contributed by atoms with E-state index in [1.807, 2.05) is 41.3 Å². The number of amides is 2. The fourth-order valence-electron chi connectivity index (χ4n) is 5.73. The average Bonchev–Trinajstić information content (AvgIpc) is 3.45. The number of aromatic amines is 1. The highest BCUT2D eigenvalue weighted by Gasteiger charge is 2.52. The van der Waals surface area contributed by atoms with Gasteiger partial charge in [-0.3, -0.25) is 9.59 Å². The second-order valence-electron chi connectivity index (χ2n) is 8.80. The van der Waals surface area contributed by atoms with Gasteiger partial charge in [-0.15, -0.1) is 0 Å². The average molecular weight is 430 g/mol. The maximum atomic E-state index is 13.8. The Morgan fingerprint density at radius 2 is 1.84 bits per heavy atom. The molecule has 162 valence electrons. The number of hydrogen-bond acceptors (Lipinski definition) is 5. The quantitative estimate of drug-likeness (QED) is 0.612. The zero-order chi connectivity index (χ0) is 21.4. The molecular weight excluding hydrogens is 408 g/mol. The Bertz CT molecular complexity index is 1280. The largest absolute Gasteiger partial charge is 0.454 e. The predicted octanol–water partition coefficient (Wildman–Crippen LogP) is 1.55. The van der Waals surface area contributed by atoms with Gasteiger partial charge in [0.1, 0.15) is 12.1 Å². The summed E-state index contributed by atoms with van der Waals surface area (Å²) in [6.45, 7) is 1.95. The van der Waals surface area contributed by atoms with Crippen LogP contribution in [0.3, 0.4) is 0 Å². The number of carbonyl (C=O) groups excluding carboxylic acids is 2. The third-order valence-corrected chi connectivity index (χ3v) is 7.19. The zero-order valence-corrected chi connectivity index (χ0v) is 17.3. The van der Waals surface area contributed by atoms with Gasteiger partial charge in [0.15, 0.2) is 11.5 Å². The predicted molar refractivity (Wildman–Crippen MR) is 115 cm³/mol. The molecule has 0 aliphatic carbocycles. The molecule has 2 N–H and O–H groups in total. The lowest BCUT2D eigenvalue weighted by atomic mass is 9.84. The van der Waals surface area contributed by atoms with Crippen molar-refractivity contribution in [2.75, 3.05) is 26.4 Å². The molecular formula is C24H22N4O4. The summed E-state index contributed by atoms with van der Waals surface area (Å²) in [6, 6.07) is 12.6. The lowest BCUT2D eigenvalue weighted by Gasteiger charge is -2.51. The summed E-state index contributed by atoms with van der Waals surface area (Å²) in [5.74, 6) is 1.40. The molecule has 8 nitrogen and oxygen atoms in total. The van der Waals surface area contributed by atoms with Crippen LogP contribution in [-0.4, -0.2) is 65.1 Å². The van der Waals surface area contributed by atoms with Crippen LogP contribution in [-0.2, 0) is 16.0 Å². The van der Waals surface area contributed by atoms with Crippen LogP contribution >= 0.6 is 0 Å². The van der Waals surface area contributed by atoms with Gasteiger partial charge in [0, 0.05) is 42.7 Å². The van der Waals surface area contributed by atoms with Crippen molar-refractivity contribution in [2.24, 2.45) is 0 Å². The Labute approximate surface area is 184 Å². The molecule has 0 radical (unpaired) electrons. The van der Waals surface area contributed by atoms with Crippen molar-refractivity contribution in [3.63, 3.8) is 0 Å². The molecule has 8 heteroatoms. The lowest BCUT2D eigenvalue weighted by molar-refractivity contribution is -0.165. The second-order valence-corrected chi connectivity index (χ2v) is 8.80. The van der Waals surface area contributed by atoms with Crippen LogP contribution in [0.5, 0.6) is 11.5 Å². The van der Waals surface area contributed by atoms with Crippen LogP contribution < -0.4 is 14.8 Å². The van der Waals surface area contributed by atoms with Gasteiger partial charge in [-0.1, -0.05) is 24.3 Å². The number of benzene rings is 2. The molecule has 0 saturated carbocycles. The Kier molecular flexibility index (Phi) is 3.67. The molecule has 3 aromatic rings. The third-order valence-electron chi connectivity index (χ3n) is 7.19. The van der Waals surface area contributed by atoms with Crippen LogP contribution in [0.4, 0.5) is 0 Å². The second kappa shape index (κ2) is 6.49. The number of ether oxygens (including phenoxy) is 2. The fraction of sp³-hybridized carbons (Fsp3) is 0.333. The summed E-state index contributed by atoms with van der Waals surface area (Å²) in [6.07, 6.45) is 0.515. The SMILES string of the molecule is O=C1[C@H]2Cc3c([nH]c4ccccc34)[C@@H](c3ccc4c(c3)OCO4)N2C(=O)C2CNCCN12. The van der Waals surface area contributed by atoms with E-state index in [-0.39, 0.29) is 18.6 Å². The minimum atomic E-state index is -0.515. The van der Waals surface area contributed by atoms with Crippen molar-refractivity contribution in [2.45, 2.75) is 24.5 Å². The van der Waals surface area contributed by atoms with Crippen molar-refractivity contribution < 1.29 is 19.1 Å². The Morgan fingerprint density at radius 1 is 0.969 bits per heavy atom. The molecule has 7 rings (SSSR count). The van der Waals surface area contributed by atoms with Gasteiger partial charge in [-0.2, -0.15) is 0 Å². The van der Waals surface area contributed by atoms with Crippen LogP contribution in [0.2, 0.25) is 0 Å². The number of fused-ring (bicyclic) bond motifs is 6. The number of aromatic nitrogens is 1. The molecule has 4 aliphatic rings. The number of hydrogen-bond donors (Lipinski definition) is 2. The molecule has 2 saturated heterocycles. The third kappa shape index (κ3) is 2.35. The number of para-hydroxylation sites is 1. The normalized spacial score (nSPS) is 26.2. The molecule has 2 aromatic carbocycles. The molecule has 2 fully saturated rings. The zero-order valence-electron chi connectivity index (χ0n) is 17.3. The molecule has 3 atom stereocenters. The summed E-state index contributed by atoms with van der Waals surface area (Å²) in [5, 5.41) is 4.38. The van der Waals surface area contributed by atoms with E-state index in [4.69, 9.17) is 9.47 Å². The molecule has 32 heavy (non-hydrogen) atoms. The summed E-state index contributed by atoms with van der Waals surface area (Å²) in [7, 11) is 0. The van der Waals surface area contributed by atoms with Gasteiger partial charge < -0.3 is 29.6 Å². The van der Waals surface area contributed by atoms with E-state index in [1.54, 1.807) is 4.90 Å². The Morgan fingerprint density at radius 3 is 2.78 bits per heavy atom. The van der Waals surface area contributed by atoms with E-state index in [1.165, 1.54) is 0 Å². The molecule has 4 aliphatic heterocycles. The standard InChI is InChI=1S/C24H22N4O4/c29-23-17-10-15-14-3-1-2-4-16(14)26-21(15)22(13-5-6-19-20(9-13)32-12-31-19)28(17)24(30)18-11-25-7-8-27(18)23/h1-6,9,17-18,22,25-26H,7-8,10-12H2/t17-,18?,22-/m1/s1. The highest BCUT2D eigenvalue weighted by atomic mass is 16.7. The summed E-state index contributed by atoms with van der Waals surface area (Å²) >= 11 is 0. The van der Waals surface area contributed by atoms with Gasteiger partial charge in [-0.25, -0.2) is 0 Å². The maximum absolute atomic E-state index is 13.8. The minimum absolute atomic E-state index is 0.00577. The van der Waals surface area contributed by atoms with E-state index >= 15 is 0 Å². The summed E-state index contributed by atoms with van der Waals surface area (Å²) < 4.78 is 11.1. The number of nitrogens with zero attached hydrogens (tertiary/aromatic N) is 2. The molecule has 5 heterocycles. The molecule has 2 amide bonds. The first-order valence-electron chi connectivity index (χ1n) is 11.0. The van der Waals surface area contributed by atoms with E-state index in [0.29, 0.717) is 37.6 Å². The number of rotatable bonds is 1. The minimum Gasteiger partial charge on any atom is -0.454 e. The topological polar surface area (TPSA) is 86.9 Å². The van der Waals surface area contributed by atoms with Crippen molar-refractivity contribution in [1.29, 1.82) is 0 Å². The Balaban J connectivity index is 1.45. The maximum Gasteiger partial charge on any atom is 0.248 e.